The lowest BCUT2D eigenvalue weighted by molar-refractivity contribution is 0.102. The minimum absolute atomic E-state index is 0.229. The number of fused-ring (bicyclic) bond motifs is 1. The van der Waals surface area contributed by atoms with Crippen LogP contribution in [-0.4, -0.2) is 15.9 Å². The van der Waals surface area contributed by atoms with Crippen LogP contribution in [0.3, 0.4) is 0 Å². The standard InChI is InChI=1S/C16H14N4O/c17-9-11-6-7-14(19-10-11)20-16(21)13-5-1-3-12-4-2-8-18-15(12)13/h1-8,10H,9,17H2,(H,19,20,21). The lowest BCUT2D eigenvalue weighted by Gasteiger charge is -2.07. The van der Waals surface area contributed by atoms with Crippen molar-refractivity contribution in [2.75, 3.05) is 5.32 Å². The number of rotatable bonds is 3. The van der Waals surface area contributed by atoms with Crippen molar-refractivity contribution in [2.45, 2.75) is 6.54 Å². The van der Waals surface area contributed by atoms with E-state index in [0.29, 0.717) is 23.4 Å². The fraction of sp³-hybridized carbons (Fsp3) is 0.0625. The van der Waals surface area contributed by atoms with Gasteiger partial charge < -0.3 is 11.1 Å². The van der Waals surface area contributed by atoms with Crippen LogP contribution in [0.25, 0.3) is 10.9 Å². The number of carbonyl (C=O) groups is 1. The Hall–Kier alpha value is -2.79. The Morgan fingerprint density at radius 3 is 2.71 bits per heavy atom. The number of nitrogens with zero attached hydrogens (tertiary/aromatic N) is 2. The van der Waals surface area contributed by atoms with Crippen LogP contribution >= 0.6 is 0 Å². The molecule has 104 valence electrons. The molecule has 0 aliphatic carbocycles. The highest BCUT2D eigenvalue weighted by atomic mass is 16.1. The van der Waals surface area contributed by atoms with Crippen molar-refractivity contribution in [1.82, 2.24) is 9.97 Å². The van der Waals surface area contributed by atoms with Gasteiger partial charge in [-0.1, -0.05) is 24.3 Å². The van der Waals surface area contributed by atoms with Crippen LogP contribution < -0.4 is 11.1 Å². The van der Waals surface area contributed by atoms with Gasteiger partial charge in [0.2, 0.25) is 0 Å². The summed E-state index contributed by atoms with van der Waals surface area (Å²) in [5, 5.41) is 3.70. The van der Waals surface area contributed by atoms with Gasteiger partial charge in [0.25, 0.3) is 5.91 Å². The van der Waals surface area contributed by atoms with Crippen LogP contribution in [0.1, 0.15) is 15.9 Å². The van der Waals surface area contributed by atoms with Crippen molar-refractivity contribution < 1.29 is 4.79 Å². The molecule has 0 radical (unpaired) electrons. The number of hydrogen-bond acceptors (Lipinski definition) is 4. The van der Waals surface area contributed by atoms with Gasteiger partial charge >= 0.3 is 0 Å². The molecule has 0 aliphatic heterocycles. The molecule has 3 N–H and O–H groups in total. The second-order valence-corrected chi connectivity index (χ2v) is 4.59. The third kappa shape index (κ3) is 2.73. The predicted molar refractivity (Wildman–Crippen MR) is 81.8 cm³/mol. The Labute approximate surface area is 121 Å². The second-order valence-electron chi connectivity index (χ2n) is 4.59. The SMILES string of the molecule is NCc1ccc(NC(=O)c2cccc3cccnc23)nc1. The normalized spacial score (nSPS) is 10.5. The van der Waals surface area contributed by atoms with Gasteiger partial charge in [-0.25, -0.2) is 4.98 Å². The number of benzene rings is 1. The molecule has 0 aliphatic rings. The molecular weight excluding hydrogens is 264 g/mol. The van der Waals surface area contributed by atoms with Gasteiger partial charge in [-0.2, -0.15) is 0 Å². The van der Waals surface area contributed by atoms with Gasteiger partial charge in [-0.3, -0.25) is 9.78 Å². The maximum atomic E-state index is 12.4. The van der Waals surface area contributed by atoms with Gasteiger partial charge in [0, 0.05) is 24.3 Å². The average molecular weight is 278 g/mol. The van der Waals surface area contributed by atoms with Crippen LogP contribution in [-0.2, 0) is 6.54 Å². The molecule has 0 fully saturated rings. The molecule has 2 heterocycles. The second kappa shape index (κ2) is 5.68. The molecule has 0 bridgehead atoms. The third-order valence-electron chi connectivity index (χ3n) is 3.18. The van der Waals surface area contributed by atoms with Crippen LogP contribution in [0.5, 0.6) is 0 Å². The Bertz CT molecular complexity index is 778. The molecule has 1 aromatic carbocycles. The summed E-state index contributed by atoms with van der Waals surface area (Å²) < 4.78 is 0. The number of pyridine rings is 2. The highest BCUT2D eigenvalue weighted by molar-refractivity contribution is 6.11. The number of aromatic nitrogens is 2. The van der Waals surface area contributed by atoms with Gasteiger partial charge in [-0.15, -0.1) is 0 Å². The average Bonchev–Trinajstić information content (AvgIpc) is 2.55. The fourth-order valence-corrected chi connectivity index (χ4v) is 2.09. The smallest absolute Gasteiger partial charge is 0.259 e. The zero-order chi connectivity index (χ0) is 14.7. The number of anilines is 1. The first-order chi connectivity index (χ1) is 10.3. The van der Waals surface area contributed by atoms with E-state index in [4.69, 9.17) is 5.73 Å². The van der Waals surface area contributed by atoms with Crippen LogP contribution in [0.15, 0.2) is 54.9 Å². The van der Waals surface area contributed by atoms with Gasteiger partial charge in [0.15, 0.2) is 0 Å². The summed E-state index contributed by atoms with van der Waals surface area (Å²) in [5.41, 5.74) is 7.64. The van der Waals surface area contributed by atoms with Crippen molar-refractivity contribution in [2.24, 2.45) is 5.73 Å². The zero-order valence-electron chi connectivity index (χ0n) is 11.3. The summed E-state index contributed by atoms with van der Waals surface area (Å²) in [5.74, 6) is 0.262. The minimum atomic E-state index is -0.229. The maximum Gasteiger partial charge on any atom is 0.259 e. The topological polar surface area (TPSA) is 80.9 Å². The summed E-state index contributed by atoms with van der Waals surface area (Å²) >= 11 is 0. The van der Waals surface area contributed by atoms with Crippen LogP contribution in [0.2, 0.25) is 0 Å². The van der Waals surface area contributed by atoms with Gasteiger partial charge in [0.1, 0.15) is 5.82 Å². The quantitative estimate of drug-likeness (QED) is 0.770. The molecule has 0 spiro atoms. The molecule has 0 saturated carbocycles. The van der Waals surface area contributed by atoms with E-state index in [1.54, 1.807) is 24.5 Å². The Kier molecular flexibility index (Phi) is 3.57. The Morgan fingerprint density at radius 1 is 1.10 bits per heavy atom. The summed E-state index contributed by atoms with van der Waals surface area (Å²) in [7, 11) is 0. The van der Waals surface area contributed by atoms with E-state index in [2.05, 4.69) is 15.3 Å². The summed E-state index contributed by atoms with van der Waals surface area (Å²) in [6, 6.07) is 12.9. The summed E-state index contributed by atoms with van der Waals surface area (Å²) in [4.78, 5) is 20.8. The maximum absolute atomic E-state index is 12.4. The summed E-state index contributed by atoms with van der Waals surface area (Å²) in [6.07, 6.45) is 3.32. The van der Waals surface area contributed by atoms with Crippen molar-refractivity contribution in [3.63, 3.8) is 0 Å². The van der Waals surface area contributed by atoms with Crippen molar-refractivity contribution in [1.29, 1.82) is 0 Å². The molecule has 5 heteroatoms. The molecule has 3 aromatic rings. The fourth-order valence-electron chi connectivity index (χ4n) is 2.09. The van der Waals surface area contributed by atoms with E-state index in [9.17, 15) is 4.79 Å². The zero-order valence-corrected chi connectivity index (χ0v) is 11.3. The number of nitrogens with two attached hydrogens (primary N) is 1. The molecule has 0 atom stereocenters. The molecule has 21 heavy (non-hydrogen) atoms. The van der Waals surface area contributed by atoms with E-state index in [0.717, 1.165) is 10.9 Å². The highest BCUT2D eigenvalue weighted by Gasteiger charge is 2.11. The van der Waals surface area contributed by atoms with Crippen molar-refractivity contribution >= 4 is 22.6 Å². The number of amides is 1. The van der Waals surface area contributed by atoms with Crippen LogP contribution in [0.4, 0.5) is 5.82 Å². The van der Waals surface area contributed by atoms with E-state index in [1.165, 1.54) is 0 Å². The first-order valence-electron chi connectivity index (χ1n) is 6.58. The predicted octanol–water partition coefficient (Wildman–Crippen LogP) is 2.34. The number of nitrogens with one attached hydrogen (secondary N) is 1. The van der Waals surface area contributed by atoms with E-state index in [1.807, 2.05) is 30.3 Å². The first-order valence-corrected chi connectivity index (χ1v) is 6.58. The highest BCUT2D eigenvalue weighted by Crippen LogP contribution is 2.17. The van der Waals surface area contributed by atoms with E-state index in [-0.39, 0.29) is 5.91 Å². The lowest BCUT2D eigenvalue weighted by atomic mass is 10.1. The first kappa shape index (κ1) is 13.2. The Balaban J connectivity index is 1.90. The molecule has 0 saturated heterocycles. The molecule has 2 aromatic heterocycles. The van der Waals surface area contributed by atoms with E-state index >= 15 is 0 Å². The monoisotopic (exact) mass is 278 g/mol. The van der Waals surface area contributed by atoms with Gasteiger partial charge in [-0.05, 0) is 23.8 Å². The molecule has 5 nitrogen and oxygen atoms in total. The van der Waals surface area contributed by atoms with E-state index < -0.39 is 0 Å². The number of hydrogen-bond donors (Lipinski definition) is 2. The lowest BCUT2D eigenvalue weighted by Crippen LogP contribution is -2.14. The number of para-hydroxylation sites is 1. The minimum Gasteiger partial charge on any atom is -0.326 e. The summed E-state index contributed by atoms with van der Waals surface area (Å²) in [6.45, 7) is 0.425. The largest absolute Gasteiger partial charge is 0.326 e. The van der Waals surface area contributed by atoms with Crippen LogP contribution in [0, 0.1) is 0 Å². The van der Waals surface area contributed by atoms with Crippen molar-refractivity contribution in [3.05, 3.63) is 66.0 Å². The molecule has 3 rings (SSSR count). The van der Waals surface area contributed by atoms with Crippen molar-refractivity contribution in [3.8, 4) is 0 Å². The molecule has 1 amide bonds. The Morgan fingerprint density at radius 2 is 1.95 bits per heavy atom. The molecule has 0 unspecified atom stereocenters. The van der Waals surface area contributed by atoms with Gasteiger partial charge in [0.05, 0.1) is 11.1 Å². The third-order valence-corrected chi connectivity index (χ3v) is 3.18. The number of carbonyl (C=O) groups excluding carboxylic acids is 1. The molecular formula is C16H14N4O.